The highest BCUT2D eigenvalue weighted by molar-refractivity contribution is 5.85. The van der Waals surface area contributed by atoms with Gasteiger partial charge >= 0.3 is 0 Å². The van der Waals surface area contributed by atoms with Crippen LogP contribution in [-0.4, -0.2) is 37.2 Å². The minimum atomic E-state index is 0. The topological polar surface area (TPSA) is 38.5 Å². The third kappa shape index (κ3) is 3.62. The van der Waals surface area contributed by atoms with Crippen molar-refractivity contribution in [2.75, 3.05) is 26.2 Å². The molecule has 0 radical (unpaired) electrons. The van der Waals surface area contributed by atoms with Gasteiger partial charge in [0.15, 0.2) is 0 Å². The van der Waals surface area contributed by atoms with Crippen LogP contribution in [0.1, 0.15) is 24.0 Å². The molecule has 0 unspecified atom stereocenters. The summed E-state index contributed by atoms with van der Waals surface area (Å²) < 4.78 is 5.54. The van der Waals surface area contributed by atoms with E-state index in [9.17, 15) is 0 Å². The van der Waals surface area contributed by atoms with E-state index >= 15 is 0 Å². The lowest BCUT2D eigenvalue weighted by atomic mass is 10.0. The van der Waals surface area contributed by atoms with Gasteiger partial charge in [-0.1, -0.05) is 12.1 Å². The van der Waals surface area contributed by atoms with Gasteiger partial charge in [0, 0.05) is 25.6 Å². The van der Waals surface area contributed by atoms with Gasteiger partial charge in [-0.15, -0.1) is 12.4 Å². The maximum Gasteiger partial charge on any atom is 0.122 e. The Labute approximate surface area is 121 Å². The van der Waals surface area contributed by atoms with Gasteiger partial charge < -0.3 is 15.4 Å². The van der Waals surface area contributed by atoms with Crippen LogP contribution < -0.4 is 10.5 Å². The normalized spacial score (nSPS) is 22.5. The molecular formula is C15H23ClN2O. The van der Waals surface area contributed by atoms with Crippen molar-refractivity contribution in [3.05, 3.63) is 29.3 Å². The Hall–Kier alpha value is -0.770. The molecule has 106 valence electrons. The van der Waals surface area contributed by atoms with Gasteiger partial charge in [-0.25, -0.2) is 0 Å². The van der Waals surface area contributed by atoms with Crippen molar-refractivity contribution in [2.45, 2.75) is 31.7 Å². The summed E-state index contributed by atoms with van der Waals surface area (Å²) in [6.45, 7) is 4.25. The molecule has 4 heteroatoms. The number of nitrogens with two attached hydrogens (primary N) is 1. The maximum atomic E-state index is 6.01. The first-order valence-corrected chi connectivity index (χ1v) is 7.04. The molecule has 0 bridgehead atoms. The molecule has 1 saturated heterocycles. The van der Waals surface area contributed by atoms with Crippen LogP contribution in [0.4, 0.5) is 0 Å². The van der Waals surface area contributed by atoms with Crippen molar-refractivity contribution in [3.63, 3.8) is 0 Å². The summed E-state index contributed by atoms with van der Waals surface area (Å²) >= 11 is 0. The largest absolute Gasteiger partial charge is 0.493 e. The van der Waals surface area contributed by atoms with Crippen molar-refractivity contribution in [2.24, 2.45) is 5.73 Å². The van der Waals surface area contributed by atoms with Crippen LogP contribution in [-0.2, 0) is 12.8 Å². The molecular weight excluding hydrogens is 260 g/mol. The van der Waals surface area contributed by atoms with E-state index in [4.69, 9.17) is 10.5 Å². The summed E-state index contributed by atoms with van der Waals surface area (Å²) in [4.78, 5) is 2.50. The number of hydrogen-bond acceptors (Lipinski definition) is 3. The van der Waals surface area contributed by atoms with Gasteiger partial charge in [-0.05, 0) is 43.0 Å². The molecule has 2 heterocycles. The van der Waals surface area contributed by atoms with E-state index in [0.717, 1.165) is 38.3 Å². The fourth-order valence-corrected chi connectivity index (χ4v) is 2.98. The maximum absolute atomic E-state index is 6.01. The lowest BCUT2D eigenvalue weighted by Gasteiger charge is -2.30. The predicted molar refractivity (Wildman–Crippen MR) is 80.2 cm³/mol. The zero-order valence-corrected chi connectivity index (χ0v) is 12.1. The summed E-state index contributed by atoms with van der Waals surface area (Å²) in [5.41, 5.74) is 8.82. The van der Waals surface area contributed by atoms with Crippen LogP contribution in [0.5, 0.6) is 5.75 Å². The zero-order valence-electron chi connectivity index (χ0n) is 11.3. The number of halogens is 1. The van der Waals surface area contributed by atoms with Crippen LogP contribution in [0, 0.1) is 0 Å². The molecule has 1 aromatic rings. The average Bonchev–Trinajstić information content (AvgIpc) is 2.84. The molecule has 1 aromatic carbocycles. The van der Waals surface area contributed by atoms with Crippen LogP contribution in [0.25, 0.3) is 0 Å². The van der Waals surface area contributed by atoms with E-state index in [0.29, 0.717) is 6.04 Å². The summed E-state index contributed by atoms with van der Waals surface area (Å²) in [6, 6.07) is 7.02. The van der Waals surface area contributed by atoms with E-state index in [-0.39, 0.29) is 12.4 Å². The Morgan fingerprint density at radius 2 is 2.26 bits per heavy atom. The minimum Gasteiger partial charge on any atom is -0.493 e. The first-order chi connectivity index (χ1) is 8.81. The lowest BCUT2D eigenvalue weighted by molar-refractivity contribution is 0.211. The first-order valence-electron chi connectivity index (χ1n) is 7.04. The van der Waals surface area contributed by atoms with Crippen molar-refractivity contribution in [3.8, 4) is 5.75 Å². The van der Waals surface area contributed by atoms with Crippen molar-refractivity contribution < 1.29 is 4.74 Å². The van der Waals surface area contributed by atoms with Gasteiger partial charge in [0.1, 0.15) is 5.75 Å². The van der Waals surface area contributed by atoms with Crippen LogP contribution in [0.3, 0.4) is 0 Å². The van der Waals surface area contributed by atoms with E-state index in [1.165, 1.54) is 30.5 Å². The standard InChI is InChI=1S/C15H22N2O.ClH/c16-14-2-1-7-17(11-14)8-5-12-3-4-15-13(10-12)6-9-18-15;/h3-4,10,14H,1-2,5-9,11,16H2;1H/t14-;/m1./s1. The van der Waals surface area contributed by atoms with Crippen molar-refractivity contribution in [1.29, 1.82) is 0 Å². The molecule has 1 atom stereocenters. The SMILES string of the molecule is Cl.N[C@@H]1CCCN(CCc2ccc3c(c2)CCO3)C1. The number of fused-ring (bicyclic) bond motifs is 1. The highest BCUT2D eigenvalue weighted by Gasteiger charge is 2.17. The van der Waals surface area contributed by atoms with Crippen LogP contribution >= 0.6 is 12.4 Å². The smallest absolute Gasteiger partial charge is 0.122 e. The molecule has 19 heavy (non-hydrogen) atoms. The predicted octanol–water partition coefficient (Wildman–Crippen LogP) is 2.01. The molecule has 0 aromatic heterocycles. The van der Waals surface area contributed by atoms with E-state index in [1.807, 2.05) is 0 Å². The molecule has 0 saturated carbocycles. The molecule has 0 amide bonds. The number of likely N-dealkylation sites (tertiary alicyclic amines) is 1. The highest BCUT2D eigenvalue weighted by Crippen LogP contribution is 2.26. The summed E-state index contributed by atoms with van der Waals surface area (Å²) in [5.74, 6) is 1.08. The minimum absolute atomic E-state index is 0. The van der Waals surface area contributed by atoms with Gasteiger partial charge in [-0.3, -0.25) is 0 Å². The fraction of sp³-hybridized carbons (Fsp3) is 0.600. The Bertz CT molecular complexity index is 425. The van der Waals surface area contributed by atoms with Crippen molar-refractivity contribution >= 4 is 12.4 Å². The van der Waals surface area contributed by atoms with Gasteiger partial charge in [0.05, 0.1) is 6.61 Å². The number of ether oxygens (including phenoxy) is 1. The van der Waals surface area contributed by atoms with Crippen LogP contribution in [0.15, 0.2) is 18.2 Å². The van der Waals surface area contributed by atoms with E-state index in [1.54, 1.807) is 0 Å². The molecule has 3 nitrogen and oxygen atoms in total. The average molecular weight is 283 g/mol. The highest BCUT2D eigenvalue weighted by atomic mass is 35.5. The molecule has 1 fully saturated rings. The summed E-state index contributed by atoms with van der Waals surface area (Å²) in [5, 5.41) is 0. The number of hydrogen-bond donors (Lipinski definition) is 1. The summed E-state index contributed by atoms with van der Waals surface area (Å²) in [6.07, 6.45) is 4.63. The third-order valence-corrected chi connectivity index (χ3v) is 4.01. The Balaban J connectivity index is 0.00000133. The second kappa shape index (κ2) is 6.60. The summed E-state index contributed by atoms with van der Waals surface area (Å²) in [7, 11) is 0. The quantitative estimate of drug-likeness (QED) is 0.922. The number of benzene rings is 1. The number of nitrogens with zero attached hydrogens (tertiary/aromatic N) is 1. The molecule has 2 aliphatic rings. The Morgan fingerprint density at radius 1 is 1.37 bits per heavy atom. The molecule has 0 spiro atoms. The van der Waals surface area contributed by atoms with Gasteiger partial charge in [-0.2, -0.15) is 0 Å². The molecule has 2 N–H and O–H groups in total. The Morgan fingerprint density at radius 3 is 3.11 bits per heavy atom. The second-order valence-corrected chi connectivity index (χ2v) is 5.49. The molecule has 0 aliphatic carbocycles. The second-order valence-electron chi connectivity index (χ2n) is 5.49. The molecule has 3 rings (SSSR count). The number of piperidine rings is 1. The first kappa shape index (κ1) is 14.6. The molecule has 2 aliphatic heterocycles. The third-order valence-electron chi connectivity index (χ3n) is 4.01. The van der Waals surface area contributed by atoms with Gasteiger partial charge in [0.2, 0.25) is 0 Å². The zero-order chi connectivity index (χ0) is 12.4. The van der Waals surface area contributed by atoms with Crippen molar-refractivity contribution in [1.82, 2.24) is 4.90 Å². The fourth-order valence-electron chi connectivity index (χ4n) is 2.98. The van der Waals surface area contributed by atoms with Crippen LogP contribution in [0.2, 0.25) is 0 Å². The number of rotatable bonds is 3. The lowest BCUT2D eigenvalue weighted by Crippen LogP contribution is -2.43. The van der Waals surface area contributed by atoms with Gasteiger partial charge in [0.25, 0.3) is 0 Å². The monoisotopic (exact) mass is 282 g/mol. The van der Waals surface area contributed by atoms with E-state index < -0.39 is 0 Å². The van der Waals surface area contributed by atoms with E-state index in [2.05, 4.69) is 23.1 Å². The Kier molecular flexibility index (Phi) is 5.08.